The predicted molar refractivity (Wildman–Crippen MR) is 102 cm³/mol. The molecule has 0 spiro atoms. The van der Waals surface area contributed by atoms with Gasteiger partial charge in [0.2, 0.25) is 0 Å². The number of rotatable bonds is 6. The zero-order valence-corrected chi connectivity index (χ0v) is 15.9. The van der Waals surface area contributed by atoms with E-state index >= 15 is 0 Å². The van der Waals surface area contributed by atoms with Gasteiger partial charge in [-0.2, -0.15) is 0 Å². The van der Waals surface area contributed by atoms with E-state index in [0.717, 1.165) is 29.6 Å². The van der Waals surface area contributed by atoms with Crippen molar-refractivity contribution in [3.8, 4) is 0 Å². The molecule has 0 N–H and O–H groups in total. The van der Waals surface area contributed by atoms with Gasteiger partial charge in [0, 0.05) is 0 Å². The highest BCUT2D eigenvalue weighted by Crippen LogP contribution is 2.45. The Morgan fingerprint density at radius 3 is 1.52 bits per heavy atom. The fraction of sp³-hybridized carbons (Fsp3) is 1.00. The van der Waals surface area contributed by atoms with Gasteiger partial charge < -0.3 is 0 Å². The second kappa shape index (κ2) is 9.47. The van der Waals surface area contributed by atoms with Crippen LogP contribution < -0.4 is 0 Å². The Balaban J connectivity index is 1.34. The zero-order chi connectivity index (χ0) is 15.9. The Bertz CT molecular complexity index is 298. The molecular formula is C23H42. The van der Waals surface area contributed by atoms with Crippen molar-refractivity contribution in [2.24, 2.45) is 29.6 Å². The third-order valence-electron chi connectivity index (χ3n) is 7.91. The number of hydrogen-bond acceptors (Lipinski definition) is 0. The summed E-state index contributed by atoms with van der Waals surface area (Å²) >= 11 is 0. The van der Waals surface area contributed by atoms with Crippen molar-refractivity contribution in [2.45, 2.75) is 116 Å². The highest BCUT2D eigenvalue weighted by atomic mass is 14.4. The molecule has 0 aromatic carbocycles. The average Bonchev–Trinajstić information content (AvgIpc) is 2.63. The molecule has 0 amide bonds. The van der Waals surface area contributed by atoms with Gasteiger partial charge in [0.15, 0.2) is 0 Å². The first-order valence-electron chi connectivity index (χ1n) is 11.4. The molecule has 23 heavy (non-hydrogen) atoms. The van der Waals surface area contributed by atoms with E-state index in [1.54, 1.807) is 64.2 Å². The first-order chi connectivity index (χ1) is 11.4. The minimum Gasteiger partial charge on any atom is -0.0654 e. The Morgan fingerprint density at radius 2 is 1.00 bits per heavy atom. The molecule has 0 unspecified atom stereocenters. The van der Waals surface area contributed by atoms with Crippen LogP contribution in [0.25, 0.3) is 0 Å². The summed E-state index contributed by atoms with van der Waals surface area (Å²) in [5.74, 6) is 5.57. The maximum atomic E-state index is 2.33. The predicted octanol–water partition coefficient (Wildman–Crippen LogP) is 7.76. The Hall–Kier alpha value is 0. The molecule has 0 aromatic heterocycles. The first-order valence-corrected chi connectivity index (χ1v) is 11.4. The summed E-state index contributed by atoms with van der Waals surface area (Å²) in [6.07, 6.45) is 26.3. The van der Waals surface area contributed by atoms with Crippen LogP contribution in [-0.4, -0.2) is 0 Å². The topological polar surface area (TPSA) is 0 Å². The average molecular weight is 319 g/mol. The molecule has 0 saturated heterocycles. The zero-order valence-electron chi connectivity index (χ0n) is 15.9. The molecule has 0 heterocycles. The second-order valence-electron chi connectivity index (χ2n) is 9.35. The Morgan fingerprint density at radius 1 is 0.522 bits per heavy atom. The van der Waals surface area contributed by atoms with Crippen molar-refractivity contribution in [1.82, 2.24) is 0 Å². The lowest BCUT2D eigenvalue weighted by Crippen LogP contribution is -2.29. The summed E-state index contributed by atoms with van der Waals surface area (Å²) < 4.78 is 0. The number of unbranched alkanes of at least 4 members (excludes halogenated alkanes) is 2. The summed E-state index contributed by atoms with van der Waals surface area (Å²) in [7, 11) is 0. The van der Waals surface area contributed by atoms with Crippen molar-refractivity contribution in [1.29, 1.82) is 0 Å². The molecule has 0 aromatic rings. The van der Waals surface area contributed by atoms with E-state index in [9.17, 15) is 0 Å². The largest absolute Gasteiger partial charge is 0.0654 e. The van der Waals surface area contributed by atoms with E-state index in [1.165, 1.54) is 44.9 Å². The van der Waals surface area contributed by atoms with Crippen LogP contribution in [-0.2, 0) is 0 Å². The molecule has 3 aliphatic carbocycles. The third-order valence-corrected chi connectivity index (χ3v) is 7.91. The molecule has 3 rings (SSSR count). The molecule has 0 aliphatic heterocycles. The fourth-order valence-electron chi connectivity index (χ4n) is 6.32. The van der Waals surface area contributed by atoms with Gasteiger partial charge in [-0.3, -0.25) is 0 Å². The molecule has 0 bridgehead atoms. The van der Waals surface area contributed by atoms with E-state index in [0.29, 0.717) is 0 Å². The fourth-order valence-corrected chi connectivity index (χ4v) is 6.32. The lowest BCUT2D eigenvalue weighted by atomic mass is 9.65. The highest BCUT2D eigenvalue weighted by molar-refractivity contribution is 4.84. The maximum absolute atomic E-state index is 2.33. The lowest BCUT2D eigenvalue weighted by Gasteiger charge is -2.40. The van der Waals surface area contributed by atoms with Crippen LogP contribution in [0.2, 0.25) is 0 Å². The van der Waals surface area contributed by atoms with Crippen molar-refractivity contribution in [3.05, 3.63) is 0 Å². The Labute approximate surface area is 146 Å². The van der Waals surface area contributed by atoms with E-state index < -0.39 is 0 Å². The van der Waals surface area contributed by atoms with Crippen LogP contribution in [0.4, 0.5) is 0 Å². The summed E-state index contributed by atoms with van der Waals surface area (Å²) in [6, 6.07) is 0. The Kier molecular flexibility index (Phi) is 7.34. The minimum atomic E-state index is 1.09. The highest BCUT2D eigenvalue weighted by Gasteiger charge is 2.33. The van der Waals surface area contributed by atoms with Gasteiger partial charge in [0.1, 0.15) is 0 Å². The van der Waals surface area contributed by atoms with Gasteiger partial charge in [0.25, 0.3) is 0 Å². The minimum absolute atomic E-state index is 1.09. The summed E-state index contributed by atoms with van der Waals surface area (Å²) in [6.45, 7) is 2.33. The van der Waals surface area contributed by atoms with Gasteiger partial charge in [-0.1, -0.05) is 77.6 Å². The molecule has 0 heteroatoms. The molecule has 0 radical (unpaired) electrons. The van der Waals surface area contributed by atoms with Crippen LogP contribution in [0.1, 0.15) is 116 Å². The van der Waals surface area contributed by atoms with Crippen LogP contribution in [0.3, 0.4) is 0 Å². The third kappa shape index (κ3) is 5.23. The maximum Gasteiger partial charge on any atom is -0.0386 e. The van der Waals surface area contributed by atoms with Crippen LogP contribution >= 0.6 is 0 Å². The SMILES string of the molecule is CCCCCC1CCC(C2CCC(C3CCCCC3)CC2)CC1. The van der Waals surface area contributed by atoms with Crippen molar-refractivity contribution < 1.29 is 0 Å². The molecule has 0 nitrogen and oxygen atoms in total. The van der Waals surface area contributed by atoms with E-state index in [1.807, 2.05) is 0 Å². The first kappa shape index (κ1) is 17.8. The monoisotopic (exact) mass is 318 g/mol. The second-order valence-corrected chi connectivity index (χ2v) is 9.35. The van der Waals surface area contributed by atoms with Gasteiger partial charge in [-0.25, -0.2) is 0 Å². The molecule has 3 aliphatic rings. The molecule has 0 atom stereocenters. The lowest BCUT2D eigenvalue weighted by molar-refractivity contribution is 0.111. The standard InChI is InChI=1S/C23H42/c1-2-3-5-8-19-11-13-21(14-12-19)23-17-15-22(16-18-23)20-9-6-4-7-10-20/h19-23H,2-18H2,1H3. The van der Waals surface area contributed by atoms with E-state index in [-0.39, 0.29) is 0 Å². The van der Waals surface area contributed by atoms with Crippen molar-refractivity contribution in [2.75, 3.05) is 0 Å². The van der Waals surface area contributed by atoms with Gasteiger partial charge in [-0.15, -0.1) is 0 Å². The molecule has 3 fully saturated rings. The van der Waals surface area contributed by atoms with Crippen LogP contribution in [0.5, 0.6) is 0 Å². The van der Waals surface area contributed by atoms with Gasteiger partial charge >= 0.3 is 0 Å². The summed E-state index contributed by atoms with van der Waals surface area (Å²) in [5, 5.41) is 0. The van der Waals surface area contributed by atoms with Crippen molar-refractivity contribution in [3.63, 3.8) is 0 Å². The summed E-state index contributed by atoms with van der Waals surface area (Å²) in [5.41, 5.74) is 0. The van der Waals surface area contributed by atoms with E-state index in [2.05, 4.69) is 6.92 Å². The normalized spacial score (nSPS) is 36.9. The van der Waals surface area contributed by atoms with Gasteiger partial charge in [-0.05, 0) is 68.1 Å². The van der Waals surface area contributed by atoms with Crippen LogP contribution in [0, 0.1) is 29.6 Å². The van der Waals surface area contributed by atoms with Crippen molar-refractivity contribution >= 4 is 0 Å². The summed E-state index contributed by atoms with van der Waals surface area (Å²) in [4.78, 5) is 0. The molecular weight excluding hydrogens is 276 g/mol. The van der Waals surface area contributed by atoms with Gasteiger partial charge in [0.05, 0.1) is 0 Å². The molecule has 3 saturated carbocycles. The molecule has 134 valence electrons. The van der Waals surface area contributed by atoms with Crippen LogP contribution in [0.15, 0.2) is 0 Å². The number of hydrogen-bond donors (Lipinski definition) is 0. The smallest absolute Gasteiger partial charge is 0.0386 e. The van der Waals surface area contributed by atoms with E-state index in [4.69, 9.17) is 0 Å². The quantitative estimate of drug-likeness (QED) is 0.439.